The Morgan fingerprint density at radius 1 is 1.77 bits per heavy atom. The molecule has 0 aromatic rings. The van der Waals surface area contributed by atoms with E-state index in [1.165, 1.54) is 12.8 Å². The minimum Gasteiger partial charge on any atom is -0.355 e. The second kappa shape index (κ2) is 5.02. The van der Waals surface area contributed by atoms with Crippen molar-refractivity contribution in [3.05, 3.63) is 12.7 Å². The van der Waals surface area contributed by atoms with Crippen molar-refractivity contribution in [2.24, 2.45) is 0 Å². The van der Waals surface area contributed by atoms with Crippen LogP contribution in [-0.4, -0.2) is 36.5 Å². The Morgan fingerprint density at radius 2 is 2.54 bits per heavy atom. The number of amides is 1. The molecule has 0 aliphatic carbocycles. The molecule has 1 aliphatic heterocycles. The topological polar surface area (TPSA) is 32.3 Å². The molecule has 1 fully saturated rings. The fraction of sp³-hybridized carbons (Fsp3) is 0.700. The number of hydrogen-bond acceptors (Lipinski definition) is 2. The fourth-order valence-electron chi connectivity index (χ4n) is 1.79. The number of carbonyl (C=O) groups is 1. The van der Waals surface area contributed by atoms with Gasteiger partial charge in [0, 0.05) is 26.1 Å². The lowest BCUT2D eigenvalue weighted by Gasteiger charge is -2.22. The van der Waals surface area contributed by atoms with Gasteiger partial charge in [-0.25, -0.2) is 0 Å². The average molecular weight is 182 g/mol. The van der Waals surface area contributed by atoms with Gasteiger partial charge in [0.25, 0.3) is 0 Å². The first-order valence-corrected chi connectivity index (χ1v) is 4.83. The van der Waals surface area contributed by atoms with Crippen molar-refractivity contribution < 1.29 is 4.79 Å². The maximum Gasteiger partial charge on any atom is 0.216 e. The number of nitrogens with zero attached hydrogens (tertiary/aromatic N) is 1. The van der Waals surface area contributed by atoms with E-state index in [4.69, 9.17) is 0 Å². The predicted octanol–water partition coefficient (Wildman–Crippen LogP) is 0.773. The second-order valence-electron chi connectivity index (χ2n) is 3.52. The SMILES string of the molecule is C=CCN1CCCC1CNC(C)=O. The van der Waals surface area contributed by atoms with Gasteiger partial charge in [-0.2, -0.15) is 0 Å². The van der Waals surface area contributed by atoms with Crippen molar-refractivity contribution in [2.45, 2.75) is 25.8 Å². The second-order valence-corrected chi connectivity index (χ2v) is 3.52. The highest BCUT2D eigenvalue weighted by Gasteiger charge is 2.22. The molecule has 13 heavy (non-hydrogen) atoms. The Bertz CT molecular complexity index is 191. The predicted molar refractivity (Wildman–Crippen MR) is 53.5 cm³/mol. The molecule has 0 aromatic heterocycles. The van der Waals surface area contributed by atoms with Crippen LogP contribution < -0.4 is 5.32 Å². The van der Waals surface area contributed by atoms with Crippen LogP contribution in [0, 0.1) is 0 Å². The van der Waals surface area contributed by atoms with Crippen molar-refractivity contribution in [3.63, 3.8) is 0 Å². The summed E-state index contributed by atoms with van der Waals surface area (Å²) in [5.41, 5.74) is 0. The summed E-state index contributed by atoms with van der Waals surface area (Å²) in [5.74, 6) is 0.0606. The molecule has 1 heterocycles. The lowest BCUT2D eigenvalue weighted by Crippen LogP contribution is -2.39. The normalized spacial score (nSPS) is 23.0. The summed E-state index contributed by atoms with van der Waals surface area (Å²) in [6.45, 7) is 8.14. The quantitative estimate of drug-likeness (QED) is 0.651. The Kier molecular flexibility index (Phi) is 3.96. The van der Waals surface area contributed by atoms with Crippen LogP contribution in [0.15, 0.2) is 12.7 Å². The lowest BCUT2D eigenvalue weighted by molar-refractivity contribution is -0.119. The third-order valence-corrected chi connectivity index (χ3v) is 2.45. The third kappa shape index (κ3) is 3.19. The maximum absolute atomic E-state index is 10.7. The molecule has 0 spiro atoms. The van der Waals surface area contributed by atoms with Crippen LogP contribution in [0.3, 0.4) is 0 Å². The van der Waals surface area contributed by atoms with Gasteiger partial charge in [-0.15, -0.1) is 6.58 Å². The number of likely N-dealkylation sites (tertiary alicyclic amines) is 1. The van der Waals surface area contributed by atoms with Gasteiger partial charge >= 0.3 is 0 Å². The van der Waals surface area contributed by atoms with Gasteiger partial charge in [0.2, 0.25) is 5.91 Å². The Morgan fingerprint density at radius 3 is 3.15 bits per heavy atom. The van der Waals surface area contributed by atoms with E-state index < -0.39 is 0 Å². The van der Waals surface area contributed by atoms with Crippen molar-refractivity contribution in [1.82, 2.24) is 10.2 Å². The molecule has 1 aliphatic rings. The van der Waals surface area contributed by atoms with Gasteiger partial charge in [-0.05, 0) is 19.4 Å². The van der Waals surface area contributed by atoms with E-state index in [9.17, 15) is 4.79 Å². The van der Waals surface area contributed by atoms with Gasteiger partial charge < -0.3 is 5.32 Å². The van der Waals surface area contributed by atoms with E-state index in [1.54, 1.807) is 6.92 Å². The van der Waals surface area contributed by atoms with Crippen LogP contribution in [0.2, 0.25) is 0 Å². The van der Waals surface area contributed by atoms with Gasteiger partial charge in [-0.3, -0.25) is 9.69 Å². The molecule has 1 atom stereocenters. The summed E-state index contributed by atoms with van der Waals surface area (Å²) < 4.78 is 0. The summed E-state index contributed by atoms with van der Waals surface area (Å²) in [6, 6.07) is 0.516. The van der Waals surface area contributed by atoms with Crippen LogP contribution in [0.5, 0.6) is 0 Å². The van der Waals surface area contributed by atoms with Crippen molar-refractivity contribution >= 4 is 5.91 Å². The highest BCUT2D eigenvalue weighted by atomic mass is 16.1. The van der Waals surface area contributed by atoms with E-state index in [0.29, 0.717) is 6.04 Å². The van der Waals surface area contributed by atoms with Crippen LogP contribution >= 0.6 is 0 Å². The number of rotatable bonds is 4. The highest BCUT2D eigenvalue weighted by molar-refractivity contribution is 5.72. The molecule has 1 amide bonds. The van der Waals surface area contributed by atoms with E-state index >= 15 is 0 Å². The number of hydrogen-bond donors (Lipinski definition) is 1. The van der Waals surface area contributed by atoms with E-state index in [0.717, 1.165) is 19.6 Å². The lowest BCUT2D eigenvalue weighted by atomic mass is 10.2. The monoisotopic (exact) mass is 182 g/mol. The minimum absolute atomic E-state index is 0.0606. The fourth-order valence-corrected chi connectivity index (χ4v) is 1.79. The van der Waals surface area contributed by atoms with E-state index in [-0.39, 0.29) is 5.91 Å². The smallest absolute Gasteiger partial charge is 0.216 e. The van der Waals surface area contributed by atoms with Gasteiger partial charge in [0.15, 0.2) is 0 Å². The van der Waals surface area contributed by atoms with Crippen LogP contribution in [0.25, 0.3) is 0 Å². The van der Waals surface area contributed by atoms with Gasteiger partial charge in [0.1, 0.15) is 0 Å². The Balaban J connectivity index is 2.30. The molecule has 74 valence electrons. The van der Waals surface area contributed by atoms with Crippen LogP contribution in [0.4, 0.5) is 0 Å². The summed E-state index contributed by atoms with van der Waals surface area (Å²) in [5, 5.41) is 2.86. The van der Waals surface area contributed by atoms with E-state index in [1.807, 2.05) is 6.08 Å². The largest absolute Gasteiger partial charge is 0.355 e. The number of nitrogens with one attached hydrogen (secondary N) is 1. The molecule has 3 heteroatoms. The third-order valence-electron chi connectivity index (χ3n) is 2.45. The highest BCUT2D eigenvalue weighted by Crippen LogP contribution is 2.15. The molecule has 1 N–H and O–H groups in total. The Hall–Kier alpha value is -0.830. The first kappa shape index (κ1) is 10.3. The van der Waals surface area contributed by atoms with Crippen molar-refractivity contribution in [1.29, 1.82) is 0 Å². The molecule has 0 aromatic carbocycles. The van der Waals surface area contributed by atoms with Crippen LogP contribution in [-0.2, 0) is 4.79 Å². The zero-order valence-corrected chi connectivity index (χ0v) is 8.25. The maximum atomic E-state index is 10.7. The van der Waals surface area contributed by atoms with Gasteiger partial charge in [0.05, 0.1) is 0 Å². The summed E-state index contributed by atoms with van der Waals surface area (Å²) in [6.07, 6.45) is 4.35. The molecule has 1 rings (SSSR count). The average Bonchev–Trinajstić information content (AvgIpc) is 2.49. The van der Waals surface area contributed by atoms with Gasteiger partial charge in [-0.1, -0.05) is 6.08 Å². The minimum atomic E-state index is 0.0606. The Labute approximate surface area is 79.8 Å². The summed E-state index contributed by atoms with van der Waals surface area (Å²) in [4.78, 5) is 13.1. The molecular weight excluding hydrogens is 164 g/mol. The molecular formula is C10H18N2O. The van der Waals surface area contributed by atoms with Crippen molar-refractivity contribution in [2.75, 3.05) is 19.6 Å². The van der Waals surface area contributed by atoms with E-state index in [2.05, 4.69) is 16.8 Å². The standard InChI is InChI=1S/C10H18N2O/c1-3-6-12-7-4-5-10(12)8-11-9(2)13/h3,10H,1,4-8H2,2H3,(H,11,13). The molecule has 1 saturated heterocycles. The summed E-state index contributed by atoms with van der Waals surface area (Å²) >= 11 is 0. The van der Waals surface area contributed by atoms with Crippen LogP contribution in [0.1, 0.15) is 19.8 Å². The summed E-state index contributed by atoms with van der Waals surface area (Å²) in [7, 11) is 0. The molecule has 1 unspecified atom stereocenters. The first-order valence-electron chi connectivity index (χ1n) is 4.83. The first-order chi connectivity index (χ1) is 6.24. The zero-order chi connectivity index (χ0) is 9.68. The molecule has 0 saturated carbocycles. The van der Waals surface area contributed by atoms with Crippen molar-refractivity contribution in [3.8, 4) is 0 Å². The molecule has 0 radical (unpaired) electrons. The number of carbonyl (C=O) groups excluding carboxylic acids is 1. The molecule has 3 nitrogen and oxygen atoms in total. The molecule has 0 bridgehead atoms. The zero-order valence-electron chi connectivity index (χ0n) is 8.25.